The maximum absolute atomic E-state index is 12.3. The molecule has 0 unspecified atom stereocenters. The van der Waals surface area contributed by atoms with Gasteiger partial charge in [-0.25, -0.2) is 0 Å². The van der Waals surface area contributed by atoms with Gasteiger partial charge in [0.2, 0.25) is 5.95 Å². The Labute approximate surface area is 213 Å². The summed E-state index contributed by atoms with van der Waals surface area (Å²) in [5.41, 5.74) is 11.4. The number of Topliss-reactive ketones (excluding diaryl/α,β-unsaturated/α-hetero) is 1. The lowest BCUT2D eigenvalue weighted by atomic mass is 9.95. The van der Waals surface area contributed by atoms with Crippen LogP contribution in [0, 0.1) is 0 Å². The number of carbonyl (C=O) groups excluding carboxylic acids is 1. The van der Waals surface area contributed by atoms with E-state index < -0.39 is 0 Å². The number of nitrogens with zero attached hydrogens (tertiary/aromatic N) is 6. The van der Waals surface area contributed by atoms with Crippen LogP contribution in [0.15, 0.2) is 42.6 Å². The lowest BCUT2D eigenvalue weighted by molar-refractivity contribution is 0.0975. The van der Waals surface area contributed by atoms with E-state index in [1.54, 1.807) is 0 Å². The Kier molecular flexibility index (Phi) is 7.13. The van der Waals surface area contributed by atoms with Crippen LogP contribution in [0.5, 0.6) is 0 Å². The molecule has 188 valence electrons. The third-order valence-electron chi connectivity index (χ3n) is 7.23. The topological polar surface area (TPSA) is 91.5 Å². The number of carbonyl (C=O) groups is 1. The Morgan fingerprint density at radius 1 is 0.917 bits per heavy atom. The predicted octanol–water partition coefficient (Wildman–Crippen LogP) is 3.81. The highest BCUT2D eigenvalue weighted by molar-refractivity contribution is 5.94. The number of aromatic nitrogens is 3. The largest absolute Gasteiger partial charge is 0.368 e. The van der Waals surface area contributed by atoms with E-state index >= 15 is 0 Å². The SMILES string of the molecule is CCCCC(=O)c1ccc(-c2ccc3c(c2)CN(c2cc(N4CCN(C)CC4)nc(N)n2)CC3)cn1. The molecule has 36 heavy (non-hydrogen) atoms. The van der Waals surface area contributed by atoms with E-state index in [9.17, 15) is 4.79 Å². The molecule has 0 amide bonds. The molecule has 0 radical (unpaired) electrons. The first-order chi connectivity index (χ1) is 17.5. The fourth-order valence-electron chi connectivity index (χ4n) is 4.93. The van der Waals surface area contributed by atoms with Crippen molar-refractivity contribution >= 4 is 23.4 Å². The van der Waals surface area contributed by atoms with Crippen LogP contribution < -0.4 is 15.5 Å². The number of fused-ring (bicyclic) bond motifs is 1. The van der Waals surface area contributed by atoms with Gasteiger partial charge in [0, 0.05) is 63.5 Å². The van der Waals surface area contributed by atoms with Crippen LogP contribution in [-0.2, 0) is 13.0 Å². The van der Waals surface area contributed by atoms with E-state index in [0.717, 1.165) is 81.3 Å². The van der Waals surface area contributed by atoms with E-state index in [0.29, 0.717) is 18.1 Å². The highest BCUT2D eigenvalue weighted by atomic mass is 16.1. The number of ketones is 1. The number of nitrogen functional groups attached to an aromatic ring is 1. The third-order valence-corrected chi connectivity index (χ3v) is 7.23. The average molecular weight is 486 g/mol. The quantitative estimate of drug-likeness (QED) is 0.505. The first-order valence-electron chi connectivity index (χ1n) is 12.9. The van der Waals surface area contributed by atoms with Gasteiger partial charge < -0.3 is 20.4 Å². The van der Waals surface area contributed by atoms with Gasteiger partial charge in [-0.1, -0.05) is 31.5 Å². The molecule has 4 heterocycles. The second-order valence-electron chi connectivity index (χ2n) is 9.85. The normalized spacial score (nSPS) is 16.2. The highest BCUT2D eigenvalue weighted by Gasteiger charge is 2.22. The van der Waals surface area contributed by atoms with Crippen molar-refractivity contribution in [3.05, 3.63) is 59.4 Å². The predicted molar refractivity (Wildman–Crippen MR) is 144 cm³/mol. The number of pyridine rings is 1. The van der Waals surface area contributed by atoms with Gasteiger partial charge in [-0.3, -0.25) is 9.78 Å². The summed E-state index contributed by atoms with van der Waals surface area (Å²) in [5, 5.41) is 0. The molecule has 2 aromatic heterocycles. The number of rotatable bonds is 7. The van der Waals surface area contributed by atoms with E-state index in [-0.39, 0.29) is 5.78 Å². The molecule has 5 rings (SSSR count). The van der Waals surface area contributed by atoms with Crippen molar-refractivity contribution in [3.8, 4) is 11.1 Å². The minimum absolute atomic E-state index is 0.115. The summed E-state index contributed by atoms with van der Waals surface area (Å²) in [4.78, 5) is 32.8. The Bertz CT molecular complexity index is 1220. The zero-order chi connectivity index (χ0) is 25.1. The number of hydrogen-bond donors (Lipinski definition) is 1. The molecule has 2 N–H and O–H groups in total. The van der Waals surface area contributed by atoms with Crippen LogP contribution >= 0.6 is 0 Å². The Morgan fingerprint density at radius 3 is 2.39 bits per heavy atom. The van der Waals surface area contributed by atoms with Crippen molar-refractivity contribution in [1.82, 2.24) is 19.9 Å². The number of likely N-dealkylation sites (N-methyl/N-ethyl adjacent to an activating group) is 1. The summed E-state index contributed by atoms with van der Waals surface area (Å²) < 4.78 is 0. The lowest BCUT2D eigenvalue weighted by Crippen LogP contribution is -2.45. The van der Waals surface area contributed by atoms with Crippen LogP contribution in [0.25, 0.3) is 11.1 Å². The third kappa shape index (κ3) is 5.33. The Balaban J connectivity index is 1.33. The molecule has 0 bridgehead atoms. The molecule has 1 saturated heterocycles. The van der Waals surface area contributed by atoms with Gasteiger partial charge >= 0.3 is 0 Å². The fourth-order valence-corrected chi connectivity index (χ4v) is 4.93. The second kappa shape index (κ2) is 10.6. The van der Waals surface area contributed by atoms with Crippen LogP contribution in [0.4, 0.5) is 17.6 Å². The monoisotopic (exact) mass is 485 g/mol. The molecule has 3 aromatic rings. The summed E-state index contributed by atoms with van der Waals surface area (Å²) in [5.74, 6) is 2.22. The zero-order valence-electron chi connectivity index (χ0n) is 21.3. The Morgan fingerprint density at radius 2 is 1.67 bits per heavy atom. The van der Waals surface area contributed by atoms with Crippen molar-refractivity contribution in [2.24, 2.45) is 0 Å². The molecule has 0 aliphatic carbocycles. The summed E-state index contributed by atoms with van der Waals surface area (Å²) in [6.07, 6.45) is 5.23. The molecule has 8 heteroatoms. The van der Waals surface area contributed by atoms with Crippen molar-refractivity contribution in [1.29, 1.82) is 0 Å². The summed E-state index contributed by atoms with van der Waals surface area (Å²) in [6.45, 7) is 7.66. The standard InChI is InChI=1S/C28H35N7O/c1-3-4-5-25(36)24-9-8-22(18-30-24)21-7-6-20-10-11-35(19-23(20)16-21)27-17-26(31-28(29)32-27)34-14-12-33(2)13-15-34/h6-9,16-18H,3-5,10-15,19H2,1-2H3,(H2,29,31,32). The first-order valence-corrected chi connectivity index (χ1v) is 12.9. The summed E-state index contributed by atoms with van der Waals surface area (Å²) in [7, 11) is 2.15. The van der Waals surface area contributed by atoms with Gasteiger partial charge in [-0.2, -0.15) is 9.97 Å². The Hall–Kier alpha value is -3.52. The molecule has 0 saturated carbocycles. The summed E-state index contributed by atoms with van der Waals surface area (Å²) >= 11 is 0. The van der Waals surface area contributed by atoms with E-state index in [1.807, 2.05) is 18.3 Å². The van der Waals surface area contributed by atoms with E-state index in [1.165, 1.54) is 11.1 Å². The number of nitrogens with two attached hydrogens (primary N) is 1. The molecule has 2 aliphatic heterocycles. The minimum atomic E-state index is 0.115. The molecule has 0 atom stereocenters. The number of piperazine rings is 1. The first kappa shape index (κ1) is 24.2. The van der Waals surface area contributed by atoms with Gasteiger partial charge in [-0.15, -0.1) is 0 Å². The number of hydrogen-bond acceptors (Lipinski definition) is 8. The van der Waals surface area contributed by atoms with Crippen LogP contribution in [-0.4, -0.2) is 65.4 Å². The van der Waals surface area contributed by atoms with Crippen LogP contribution in [0.2, 0.25) is 0 Å². The average Bonchev–Trinajstić information content (AvgIpc) is 2.91. The number of anilines is 3. The molecule has 2 aliphatic rings. The maximum Gasteiger partial charge on any atom is 0.223 e. The number of unbranched alkanes of at least 4 members (excludes halogenated alkanes) is 1. The second-order valence-corrected chi connectivity index (χ2v) is 9.85. The van der Waals surface area contributed by atoms with Crippen molar-refractivity contribution in [2.45, 2.75) is 39.2 Å². The number of benzene rings is 1. The van der Waals surface area contributed by atoms with Gasteiger partial charge in [0.15, 0.2) is 5.78 Å². The smallest absolute Gasteiger partial charge is 0.223 e. The maximum atomic E-state index is 12.3. The zero-order valence-corrected chi connectivity index (χ0v) is 21.3. The molecular formula is C28H35N7O. The molecule has 8 nitrogen and oxygen atoms in total. The van der Waals surface area contributed by atoms with Crippen LogP contribution in [0.1, 0.15) is 47.8 Å². The summed E-state index contributed by atoms with van der Waals surface area (Å²) in [6, 6.07) is 12.5. The van der Waals surface area contributed by atoms with Crippen molar-refractivity contribution < 1.29 is 4.79 Å². The van der Waals surface area contributed by atoms with Gasteiger partial charge in [0.25, 0.3) is 0 Å². The van der Waals surface area contributed by atoms with Crippen LogP contribution in [0.3, 0.4) is 0 Å². The van der Waals surface area contributed by atoms with E-state index in [2.05, 4.69) is 67.9 Å². The van der Waals surface area contributed by atoms with E-state index in [4.69, 9.17) is 5.73 Å². The van der Waals surface area contributed by atoms with Crippen molar-refractivity contribution in [2.75, 3.05) is 55.3 Å². The van der Waals surface area contributed by atoms with Gasteiger partial charge in [-0.05, 0) is 48.7 Å². The lowest BCUT2D eigenvalue weighted by Gasteiger charge is -2.34. The molecular weight excluding hydrogens is 450 g/mol. The van der Waals surface area contributed by atoms with Gasteiger partial charge in [0.1, 0.15) is 17.3 Å². The highest BCUT2D eigenvalue weighted by Crippen LogP contribution is 2.30. The fraction of sp³-hybridized carbons (Fsp3) is 0.429. The van der Waals surface area contributed by atoms with Gasteiger partial charge in [0.05, 0.1) is 0 Å². The molecule has 0 spiro atoms. The minimum Gasteiger partial charge on any atom is -0.368 e. The van der Waals surface area contributed by atoms with Crippen molar-refractivity contribution in [3.63, 3.8) is 0 Å². The molecule has 1 aromatic carbocycles. The molecule has 1 fully saturated rings.